The lowest BCUT2D eigenvalue weighted by Gasteiger charge is -2.10. The summed E-state index contributed by atoms with van der Waals surface area (Å²) in [5, 5.41) is 0. The molecule has 1 unspecified atom stereocenters. The second-order valence-corrected chi connectivity index (χ2v) is 4.90. The van der Waals surface area contributed by atoms with Crippen molar-refractivity contribution in [2.75, 3.05) is 0 Å². The van der Waals surface area contributed by atoms with Gasteiger partial charge in [-0.2, -0.15) is 0 Å². The van der Waals surface area contributed by atoms with Gasteiger partial charge in [0, 0.05) is 4.47 Å². The van der Waals surface area contributed by atoms with Crippen LogP contribution in [0.1, 0.15) is 28.7 Å². The van der Waals surface area contributed by atoms with E-state index in [1.54, 1.807) is 0 Å². The van der Waals surface area contributed by atoms with Crippen LogP contribution >= 0.6 is 15.9 Å². The van der Waals surface area contributed by atoms with E-state index in [1.165, 1.54) is 5.56 Å². The van der Waals surface area contributed by atoms with E-state index in [2.05, 4.69) is 28.1 Å². The van der Waals surface area contributed by atoms with E-state index < -0.39 is 0 Å². The van der Waals surface area contributed by atoms with Crippen LogP contribution in [0.3, 0.4) is 0 Å². The molecule has 0 radical (unpaired) electrons. The largest absolute Gasteiger partial charge is 0.464 e. The molecule has 0 aliphatic heterocycles. The minimum atomic E-state index is -0.204. The highest BCUT2D eigenvalue weighted by molar-refractivity contribution is 9.10. The molecule has 1 heterocycles. The number of halogens is 1. The Labute approximate surface area is 104 Å². The molecule has 0 fully saturated rings. The summed E-state index contributed by atoms with van der Waals surface area (Å²) < 4.78 is 6.58. The van der Waals surface area contributed by atoms with Gasteiger partial charge in [0.25, 0.3) is 0 Å². The van der Waals surface area contributed by atoms with Gasteiger partial charge in [0.1, 0.15) is 11.5 Å². The molecule has 2 nitrogen and oxygen atoms in total. The van der Waals surface area contributed by atoms with E-state index in [0.717, 1.165) is 21.6 Å². The highest BCUT2D eigenvalue weighted by Gasteiger charge is 2.13. The first-order valence-electron chi connectivity index (χ1n) is 5.15. The van der Waals surface area contributed by atoms with E-state index in [0.29, 0.717) is 0 Å². The van der Waals surface area contributed by atoms with Crippen LogP contribution in [0.15, 0.2) is 39.2 Å². The predicted molar refractivity (Wildman–Crippen MR) is 68.4 cm³/mol. The zero-order valence-electron chi connectivity index (χ0n) is 9.33. The zero-order chi connectivity index (χ0) is 11.7. The third kappa shape index (κ3) is 2.36. The molecule has 84 valence electrons. The van der Waals surface area contributed by atoms with E-state index >= 15 is 0 Å². The van der Waals surface area contributed by atoms with Gasteiger partial charge >= 0.3 is 0 Å². The number of furan rings is 1. The molecule has 1 aromatic heterocycles. The Hall–Kier alpha value is -1.06. The van der Waals surface area contributed by atoms with Crippen LogP contribution in [0.4, 0.5) is 0 Å². The van der Waals surface area contributed by atoms with Crippen LogP contribution in [-0.4, -0.2) is 0 Å². The van der Waals surface area contributed by atoms with Gasteiger partial charge < -0.3 is 10.2 Å². The Morgan fingerprint density at radius 2 is 1.94 bits per heavy atom. The maximum atomic E-state index is 6.15. The summed E-state index contributed by atoms with van der Waals surface area (Å²) in [5.74, 6) is 1.69. The standard InChI is InChI=1S/C13H14BrNO/c1-8-5-10(7-11(14)6-8)13(15)12-4-3-9(2)16-12/h3-7,13H,15H2,1-2H3. The van der Waals surface area contributed by atoms with Crippen LogP contribution in [0, 0.1) is 13.8 Å². The Bertz CT molecular complexity index is 484. The van der Waals surface area contributed by atoms with Gasteiger partial charge in [-0.25, -0.2) is 0 Å². The summed E-state index contributed by atoms with van der Waals surface area (Å²) in [6, 6.07) is 9.81. The molecule has 0 saturated heterocycles. The maximum Gasteiger partial charge on any atom is 0.125 e. The first-order valence-corrected chi connectivity index (χ1v) is 5.94. The zero-order valence-corrected chi connectivity index (χ0v) is 10.9. The van der Waals surface area contributed by atoms with Gasteiger partial charge in [-0.3, -0.25) is 0 Å². The van der Waals surface area contributed by atoms with Gasteiger partial charge in [-0.05, 0) is 49.2 Å². The third-order valence-corrected chi connectivity index (χ3v) is 2.95. The molecule has 0 spiro atoms. The van der Waals surface area contributed by atoms with Crippen molar-refractivity contribution >= 4 is 15.9 Å². The van der Waals surface area contributed by atoms with E-state index in [4.69, 9.17) is 10.2 Å². The van der Waals surface area contributed by atoms with Gasteiger partial charge in [0.15, 0.2) is 0 Å². The molecule has 16 heavy (non-hydrogen) atoms. The Kier molecular flexibility index (Phi) is 3.17. The quantitative estimate of drug-likeness (QED) is 0.910. The fourth-order valence-corrected chi connectivity index (χ4v) is 2.35. The molecule has 0 saturated carbocycles. The summed E-state index contributed by atoms with van der Waals surface area (Å²) in [6.07, 6.45) is 0. The predicted octanol–water partition coefficient (Wildman–Crippen LogP) is 3.71. The molecule has 0 aliphatic rings. The monoisotopic (exact) mass is 279 g/mol. The molecule has 1 aromatic carbocycles. The summed E-state index contributed by atoms with van der Waals surface area (Å²) in [4.78, 5) is 0. The van der Waals surface area contributed by atoms with Gasteiger partial charge in [0.05, 0.1) is 6.04 Å². The topological polar surface area (TPSA) is 39.2 Å². The van der Waals surface area contributed by atoms with Gasteiger partial charge in [0.2, 0.25) is 0 Å². The lowest BCUT2D eigenvalue weighted by molar-refractivity contribution is 0.466. The van der Waals surface area contributed by atoms with E-state index in [-0.39, 0.29) is 6.04 Å². The molecular formula is C13H14BrNO. The molecule has 3 heteroatoms. The van der Waals surface area contributed by atoms with Crippen molar-refractivity contribution in [1.82, 2.24) is 0 Å². The molecule has 0 aliphatic carbocycles. The number of benzene rings is 1. The number of rotatable bonds is 2. The molecule has 2 N–H and O–H groups in total. The second kappa shape index (κ2) is 4.44. The number of nitrogens with two attached hydrogens (primary N) is 1. The summed E-state index contributed by atoms with van der Waals surface area (Å²) >= 11 is 3.47. The fourth-order valence-electron chi connectivity index (χ4n) is 1.73. The van der Waals surface area contributed by atoms with Gasteiger partial charge in [-0.15, -0.1) is 0 Å². The van der Waals surface area contributed by atoms with Gasteiger partial charge in [-0.1, -0.05) is 22.0 Å². The smallest absolute Gasteiger partial charge is 0.125 e. The van der Waals surface area contributed by atoms with Crippen molar-refractivity contribution in [2.45, 2.75) is 19.9 Å². The van der Waals surface area contributed by atoms with E-state index in [1.807, 2.05) is 32.0 Å². The lowest BCUT2D eigenvalue weighted by Crippen LogP contribution is -2.11. The fraction of sp³-hybridized carbons (Fsp3) is 0.231. The summed E-state index contributed by atoms with van der Waals surface area (Å²) in [7, 11) is 0. The van der Waals surface area contributed by atoms with Crippen LogP contribution in [0.25, 0.3) is 0 Å². The molecule has 0 amide bonds. The maximum absolute atomic E-state index is 6.15. The highest BCUT2D eigenvalue weighted by Crippen LogP contribution is 2.25. The first kappa shape index (κ1) is 11.4. The van der Waals surface area contributed by atoms with Crippen LogP contribution in [0.5, 0.6) is 0 Å². The minimum absolute atomic E-state index is 0.204. The van der Waals surface area contributed by atoms with Crippen molar-refractivity contribution in [3.05, 3.63) is 57.5 Å². The molecule has 2 aromatic rings. The van der Waals surface area contributed by atoms with Crippen molar-refractivity contribution in [3.8, 4) is 0 Å². The molecular weight excluding hydrogens is 266 g/mol. The molecule has 1 atom stereocenters. The summed E-state index contributed by atoms with van der Waals surface area (Å²) in [6.45, 7) is 3.97. The average molecular weight is 280 g/mol. The first-order chi connectivity index (χ1) is 7.56. The van der Waals surface area contributed by atoms with Crippen molar-refractivity contribution < 1.29 is 4.42 Å². The molecule has 2 rings (SSSR count). The third-order valence-electron chi connectivity index (χ3n) is 2.49. The SMILES string of the molecule is Cc1cc(Br)cc(C(N)c2ccc(C)o2)c1. The second-order valence-electron chi connectivity index (χ2n) is 3.99. The molecule has 0 bridgehead atoms. The minimum Gasteiger partial charge on any atom is -0.464 e. The van der Waals surface area contributed by atoms with Crippen LogP contribution < -0.4 is 5.73 Å². The average Bonchev–Trinajstić information content (AvgIpc) is 2.62. The highest BCUT2D eigenvalue weighted by atomic mass is 79.9. The number of aryl methyl sites for hydroxylation is 2. The van der Waals surface area contributed by atoms with Crippen molar-refractivity contribution in [3.63, 3.8) is 0 Å². The van der Waals surface area contributed by atoms with Crippen molar-refractivity contribution in [2.24, 2.45) is 5.73 Å². The lowest BCUT2D eigenvalue weighted by atomic mass is 10.0. The Balaban J connectivity index is 2.37. The number of hydrogen-bond acceptors (Lipinski definition) is 2. The van der Waals surface area contributed by atoms with Crippen molar-refractivity contribution in [1.29, 1.82) is 0 Å². The normalized spacial score (nSPS) is 12.8. The van der Waals surface area contributed by atoms with Crippen LogP contribution in [0.2, 0.25) is 0 Å². The van der Waals surface area contributed by atoms with E-state index in [9.17, 15) is 0 Å². The Morgan fingerprint density at radius 1 is 1.19 bits per heavy atom. The van der Waals surface area contributed by atoms with Crippen LogP contribution in [-0.2, 0) is 0 Å². The number of hydrogen-bond donors (Lipinski definition) is 1. The Morgan fingerprint density at radius 3 is 2.50 bits per heavy atom. The summed E-state index contributed by atoms with van der Waals surface area (Å²) in [5.41, 5.74) is 8.39.